The van der Waals surface area contributed by atoms with Gasteiger partial charge in [-0.2, -0.15) is 0 Å². The maximum absolute atomic E-state index is 5.39. The molecular formula is C18H18N2O2. The maximum atomic E-state index is 5.39. The number of hydrogen-bond donors (Lipinski definition) is 0. The molecule has 1 aromatic carbocycles. The van der Waals surface area contributed by atoms with Crippen molar-refractivity contribution in [2.24, 2.45) is 0 Å². The second-order valence-electron chi connectivity index (χ2n) is 5.70. The first kappa shape index (κ1) is 13.3. The van der Waals surface area contributed by atoms with E-state index in [1.807, 2.05) is 18.2 Å². The minimum Gasteiger partial charge on any atom is -0.461 e. The largest absolute Gasteiger partial charge is 0.461 e. The molecule has 3 heterocycles. The summed E-state index contributed by atoms with van der Waals surface area (Å²) in [5.41, 5.74) is 2.34. The molecule has 22 heavy (non-hydrogen) atoms. The van der Waals surface area contributed by atoms with Gasteiger partial charge in [-0.1, -0.05) is 35.5 Å². The first-order chi connectivity index (χ1) is 10.9. The van der Waals surface area contributed by atoms with Crippen LogP contribution >= 0.6 is 0 Å². The third-order valence-corrected chi connectivity index (χ3v) is 4.24. The second-order valence-corrected chi connectivity index (χ2v) is 5.70. The minimum absolute atomic E-state index is 0.477. The van der Waals surface area contributed by atoms with Crippen molar-refractivity contribution in [3.8, 4) is 11.5 Å². The predicted molar refractivity (Wildman–Crippen MR) is 83.0 cm³/mol. The molecule has 1 aliphatic rings. The molecule has 0 bridgehead atoms. The van der Waals surface area contributed by atoms with E-state index < -0.39 is 0 Å². The molecule has 2 aromatic heterocycles. The molecule has 4 rings (SSSR count). The van der Waals surface area contributed by atoms with Crippen molar-refractivity contribution >= 4 is 0 Å². The highest BCUT2D eigenvalue weighted by Crippen LogP contribution is 2.33. The number of rotatable bonds is 4. The molecule has 4 heteroatoms. The van der Waals surface area contributed by atoms with E-state index in [2.05, 4.69) is 40.4 Å². The van der Waals surface area contributed by atoms with E-state index in [1.54, 1.807) is 6.26 Å². The Hall–Kier alpha value is -2.33. The normalized spacial score (nSPS) is 18.8. The average molecular weight is 294 g/mol. The van der Waals surface area contributed by atoms with Crippen molar-refractivity contribution in [1.82, 2.24) is 10.1 Å². The van der Waals surface area contributed by atoms with Crippen LogP contribution in [0.1, 0.15) is 30.1 Å². The number of nitrogens with zero attached hydrogens (tertiary/aromatic N) is 2. The van der Waals surface area contributed by atoms with Crippen LogP contribution < -0.4 is 0 Å². The fourth-order valence-electron chi connectivity index (χ4n) is 3.20. The molecule has 0 saturated carbocycles. The average Bonchev–Trinajstić information content (AvgIpc) is 3.30. The number of aromatic nitrogens is 1. The summed E-state index contributed by atoms with van der Waals surface area (Å²) in [6, 6.07) is 16.9. The van der Waals surface area contributed by atoms with Gasteiger partial charge in [-0.3, -0.25) is 4.90 Å². The summed E-state index contributed by atoms with van der Waals surface area (Å²) in [4.78, 5) is 2.47. The van der Waals surface area contributed by atoms with Crippen LogP contribution in [0.25, 0.3) is 11.5 Å². The Bertz CT molecular complexity index is 719. The van der Waals surface area contributed by atoms with Crippen LogP contribution in [0.2, 0.25) is 0 Å². The van der Waals surface area contributed by atoms with Crippen molar-refractivity contribution in [1.29, 1.82) is 0 Å². The Morgan fingerprint density at radius 2 is 2.00 bits per heavy atom. The summed E-state index contributed by atoms with van der Waals surface area (Å²) in [5.74, 6) is 1.41. The lowest BCUT2D eigenvalue weighted by Crippen LogP contribution is -2.22. The van der Waals surface area contributed by atoms with Crippen molar-refractivity contribution in [3.05, 3.63) is 66.1 Å². The molecule has 0 radical (unpaired) electrons. The standard InChI is InChI=1S/C18H18N2O2/c1-2-6-14(7-3-1)16-8-4-10-20(16)13-15-12-18(22-19-15)17-9-5-11-21-17/h1-3,5-7,9,11-12,16H,4,8,10,13H2. The monoisotopic (exact) mass is 294 g/mol. The molecule has 0 amide bonds. The molecule has 0 N–H and O–H groups in total. The van der Waals surface area contributed by atoms with E-state index in [1.165, 1.54) is 18.4 Å². The summed E-state index contributed by atoms with van der Waals surface area (Å²) in [6.45, 7) is 1.91. The molecule has 1 fully saturated rings. The lowest BCUT2D eigenvalue weighted by molar-refractivity contribution is 0.240. The number of furan rings is 1. The van der Waals surface area contributed by atoms with Crippen LogP contribution in [0.4, 0.5) is 0 Å². The van der Waals surface area contributed by atoms with E-state index >= 15 is 0 Å². The molecule has 112 valence electrons. The highest BCUT2D eigenvalue weighted by molar-refractivity contribution is 5.49. The van der Waals surface area contributed by atoms with Crippen molar-refractivity contribution in [2.75, 3.05) is 6.54 Å². The zero-order chi connectivity index (χ0) is 14.8. The predicted octanol–water partition coefficient (Wildman–Crippen LogP) is 4.27. The molecule has 4 nitrogen and oxygen atoms in total. The van der Waals surface area contributed by atoms with Crippen LogP contribution in [0.3, 0.4) is 0 Å². The van der Waals surface area contributed by atoms with Gasteiger partial charge in [-0.15, -0.1) is 0 Å². The van der Waals surface area contributed by atoms with Gasteiger partial charge in [0.15, 0.2) is 5.76 Å². The van der Waals surface area contributed by atoms with Crippen molar-refractivity contribution in [2.45, 2.75) is 25.4 Å². The van der Waals surface area contributed by atoms with Crippen LogP contribution in [0.15, 0.2) is 63.7 Å². The van der Waals surface area contributed by atoms with E-state index in [0.29, 0.717) is 11.8 Å². The summed E-state index contributed by atoms with van der Waals surface area (Å²) < 4.78 is 10.7. The highest BCUT2D eigenvalue weighted by Gasteiger charge is 2.26. The first-order valence-electron chi connectivity index (χ1n) is 7.68. The highest BCUT2D eigenvalue weighted by atomic mass is 16.5. The number of benzene rings is 1. The second kappa shape index (κ2) is 5.81. The van der Waals surface area contributed by atoms with Gasteiger partial charge >= 0.3 is 0 Å². The zero-order valence-corrected chi connectivity index (χ0v) is 12.3. The van der Waals surface area contributed by atoms with Gasteiger partial charge in [0, 0.05) is 18.7 Å². The summed E-state index contributed by atoms with van der Waals surface area (Å²) in [5, 5.41) is 4.19. The SMILES string of the molecule is c1ccc(C2CCCN2Cc2cc(-c3ccco3)on2)cc1. The topological polar surface area (TPSA) is 42.4 Å². The molecule has 1 saturated heterocycles. The molecule has 1 unspecified atom stereocenters. The van der Waals surface area contributed by atoms with Crippen molar-refractivity contribution in [3.63, 3.8) is 0 Å². The Morgan fingerprint density at radius 1 is 1.09 bits per heavy atom. The van der Waals surface area contributed by atoms with Crippen LogP contribution in [0, 0.1) is 0 Å². The summed E-state index contributed by atoms with van der Waals surface area (Å²) in [7, 11) is 0. The molecule has 3 aromatic rings. The van der Waals surface area contributed by atoms with Gasteiger partial charge in [0.05, 0.1) is 12.0 Å². The molecular weight excluding hydrogens is 276 g/mol. The van der Waals surface area contributed by atoms with Crippen LogP contribution in [0.5, 0.6) is 0 Å². The van der Waals surface area contributed by atoms with Gasteiger partial charge < -0.3 is 8.94 Å². The maximum Gasteiger partial charge on any atom is 0.202 e. The summed E-state index contributed by atoms with van der Waals surface area (Å²) >= 11 is 0. The quantitative estimate of drug-likeness (QED) is 0.720. The number of hydrogen-bond acceptors (Lipinski definition) is 4. The molecule has 1 atom stereocenters. The lowest BCUT2D eigenvalue weighted by Gasteiger charge is -2.23. The first-order valence-corrected chi connectivity index (χ1v) is 7.68. The fourth-order valence-corrected chi connectivity index (χ4v) is 3.20. The van der Waals surface area contributed by atoms with Gasteiger partial charge in [-0.25, -0.2) is 0 Å². The molecule has 0 aliphatic carbocycles. The summed E-state index contributed by atoms with van der Waals surface area (Å²) in [6.07, 6.45) is 4.07. The smallest absolute Gasteiger partial charge is 0.202 e. The van der Waals surface area contributed by atoms with Crippen LogP contribution in [-0.2, 0) is 6.54 Å². The lowest BCUT2D eigenvalue weighted by atomic mass is 10.0. The van der Waals surface area contributed by atoms with Gasteiger partial charge in [0.25, 0.3) is 0 Å². The minimum atomic E-state index is 0.477. The van der Waals surface area contributed by atoms with Crippen molar-refractivity contribution < 1.29 is 8.94 Å². The van der Waals surface area contributed by atoms with E-state index in [4.69, 9.17) is 8.94 Å². The molecule has 1 aliphatic heterocycles. The van der Waals surface area contributed by atoms with E-state index in [9.17, 15) is 0 Å². The molecule has 0 spiro atoms. The van der Waals surface area contributed by atoms with Crippen LogP contribution in [-0.4, -0.2) is 16.6 Å². The Balaban J connectivity index is 1.51. The Kier molecular flexibility index (Phi) is 3.52. The van der Waals surface area contributed by atoms with E-state index in [0.717, 1.165) is 24.5 Å². The van der Waals surface area contributed by atoms with Gasteiger partial charge in [0.2, 0.25) is 5.76 Å². The van der Waals surface area contributed by atoms with E-state index in [-0.39, 0.29) is 0 Å². The Labute approximate surface area is 129 Å². The zero-order valence-electron chi connectivity index (χ0n) is 12.3. The third kappa shape index (κ3) is 2.57. The number of likely N-dealkylation sites (tertiary alicyclic amines) is 1. The van der Waals surface area contributed by atoms with Gasteiger partial charge in [0.1, 0.15) is 0 Å². The fraction of sp³-hybridized carbons (Fsp3) is 0.278. The Morgan fingerprint density at radius 3 is 2.82 bits per heavy atom. The van der Waals surface area contributed by atoms with Gasteiger partial charge in [-0.05, 0) is 37.1 Å². The third-order valence-electron chi connectivity index (χ3n) is 4.24.